The summed E-state index contributed by atoms with van der Waals surface area (Å²) >= 11 is 1.52. The summed E-state index contributed by atoms with van der Waals surface area (Å²) in [6.07, 6.45) is 3.98. The summed E-state index contributed by atoms with van der Waals surface area (Å²) in [6, 6.07) is 0.139. The van der Waals surface area contributed by atoms with Gasteiger partial charge in [-0.1, -0.05) is 12.8 Å². The lowest BCUT2D eigenvalue weighted by atomic mass is 9.81. The minimum absolute atomic E-state index is 0.139. The molecule has 0 saturated heterocycles. The minimum atomic E-state index is -0.462. The molecule has 14 heavy (non-hydrogen) atoms. The molecular formula is C10H16N2OS. The number of thiazole rings is 1. The fourth-order valence-corrected chi connectivity index (χ4v) is 2.75. The van der Waals surface area contributed by atoms with Crippen LogP contribution in [0.15, 0.2) is 10.9 Å². The Bertz CT molecular complexity index is 276. The third-order valence-electron chi connectivity index (χ3n) is 3.03. The number of nitrogens with two attached hydrogens (primary N) is 1. The molecule has 1 aliphatic rings. The molecule has 4 heteroatoms. The Morgan fingerprint density at radius 2 is 2.29 bits per heavy atom. The van der Waals surface area contributed by atoms with Crippen LogP contribution < -0.4 is 5.73 Å². The molecule has 1 aromatic rings. The average molecular weight is 212 g/mol. The van der Waals surface area contributed by atoms with Crippen LogP contribution in [0.4, 0.5) is 0 Å². The van der Waals surface area contributed by atoms with E-state index in [2.05, 4.69) is 4.98 Å². The van der Waals surface area contributed by atoms with Crippen LogP contribution in [0.3, 0.4) is 0 Å². The van der Waals surface area contributed by atoms with Crippen molar-refractivity contribution in [1.82, 2.24) is 4.98 Å². The van der Waals surface area contributed by atoms with Crippen molar-refractivity contribution in [3.8, 4) is 0 Å². The van der Waals surface area contributed by atoms with Crippen molar-refractivity contribution in [3.63, 3.8) is 0 Å². The van der Waals surface area contributed by atoms with Gasteiger partial charge < -0.3 is 10.8 Å². The zero-order valence-electron chi connectivity index (χ0n) is 8.10. The number of aliphatic hydroxyl groups excluding tert-OH is 1. The topological polar surface area (TPSA) is 59.1 Å². The summed E-state index contributed by atoms with van der Waals surface area (Å²) in [5.41, 5.74) is 8.55. The van der Waals surface area contributed by atoms with E-state index in [0.29, 0.717) is 0 Å². The van der Waals surface area contributed by atoms with Crippen LogP contribution in [0.1, 0.15) is 37.5 Å². The van der Waals surface area contributed by atoms with Gasteiger partial charge in [-0.3, -0.25) is 0 Å². The summed E-state index contributed by atoms with van der Waals surface area (Å²) in [5, 5.41) is 12.0. The highest BCUT2D eigenvalue weighted by atomic mass is 32.1. The first kappa shape index (κ1) is 10.1. The Balaban J connectivity index is 2.06. The SMILES string of the molecule is NC1CCCCC1C(O)c1cscn1. The zero-order chi connectivity index (χ0) is 9.97. The second kappa shape index (κ2) is 4.38. The maximum absolute atomic E-state index is 10.1. The summed E-state index contributed by atoms with van der Waals surface area (Å²) in [4.78, 5) is 4.14. The van der Waals surface area contributed by atoms with Gasteiger partial charge in [-0.05, 0) is 12.8 Å². The molecule has 0 aromatic carbocycles. The van der Waals surface area contributed by atoms with Crippen molar-refractivity contribution in [2.24, 2.45) is 11.7 Å². The van der Waals surface area contributed by atoms with E-state index in [4.69, 9.17) is 5.73 Å². The van der Waals surface area contributed by atoms with Gasteiger partial charge >= 0.3 is 0 Å². The first-order valence-electron chi connectivity index (χ1n) is 5.11. The molecule has 1 aliphatic carbocycles. The van der Waals surface area contributed by atoms with Crippen molar-refractivity contribution in [2.45, 2.75) is 37.8 Å². The quantitative estimate of drug-likeness (QED) is 0.784. The molecule has 78 valence electrons. The molecule has 0 bridgehead atoms. The molecule has 2 rings (SSSR count). The monoisotopic (exact) mass is 212 g/mol. The Kier molecular flexibility index (Phi) is 3.15. The minimum Gasteiger partial charge on any atom is -0.386 e. The van der Waals surface area contributed by atoms with Crippen molar-refractivity contribution in [1.29, 1.82) is 0 Å². The lowest BCUT2D eigenvalue weighted by Crippen LogP contribution is -2.36. The summed E-state index contributed by atoms with van der Waals surface area (Å²) < 4.78 is 0. The number of hydrogen-bond donors (Lipinski definition) is 2. The van der Waals surface area contributed by atoms with Crippen molar-refractivity contribution in [2.75, 3.05) is 0 Å². The molecule has 1 heterocycles. The zero-order valence-corrected chi connectivity index (χ0v) is 8.91. The fraction of sp³-hybridized carbons (Fsp3) is 0.700. The molecule has 0 aliphatic heterocycles. The third-order valence-corrected chi connectivity index (χ3v) is 3.64. The molecular weight excluding hydrogens is 196 g/mol. The number of nitrogens with zero attached hydrogens (tertiary/aromatic N) is 1. The molecule has 0 amide bonds. The predicted molar refractivity (Wildman–Crippen MR) is 57.0 cm³/mol. The smallest absolute Gasteiger partial charge is 0.101 e. The summed E-state index contributed by atoms with van der Waals surface area (Å²) in [5.74, 6) is 0.200. The van der Waals surface area contributed by atoms with Gasteiger partial charge in [0.05, 0.1) is 11.2 Å². The van der Waals surface area contributed by atoms with E-state index in [1.54, 1.807) is 5.51 Å². The summed E-state index contributed by atoms with van der Waals surface area (Å²) in [7, 11) is 0. The number of aromatic nitrogens is 1. The van der Waals surface area contributed by atoms with Gasteiger partial charge in [0.25, 0.3) is 0 Å². The second-order valence-corrected chi connectivity index (χ2v) is 4.69. The molecule has 1 saturated carbocycles. The molecule has 3 N–H and O–H groups in total. The van der Waals surface area contributed by atoms with Crippen LogP contribution in [0.5, 0.6) is 0 Å². The van der Waals surface area contributed by atoms with E-state index >= 15 is 0 Å². The van der Waals surface area contributed by atoms with Crippen LogP contribution in [0.2, 0.25) is 0 Å². The van der Waals surface area contributed by atoms with Crippen molar-refractivity contribution in [3.05, 3.63) is 16.6 Å². The van der Waals surface area contributed by atoms with Crippen molar-refractivity contribution >= 4 is 11.3 Å². The molecule has 0 spiro atoms. The standard InChI is InChI=1S/C10H16N2OS/c11-8-4-2-1-3-7(8)10(13)9-5-14-6-12-9/h5-8,10,13H,1-4,11H2. The highest BCUT2D eigenvalue weighted by Gasteiger charge is 2.30. The molecule has 1 fully saturated rings. The fourth-order valence-electron chi connectivity index (χ4n) is 2.17. The summed E-state index contributed by atoms with van der Waals surface area (Å²) in [6.45, 7) is 0. The lowest BCUT2D eigenvalue weighted by Gasteiger charge is -2.31. The van der Waals surface area contributed by atoms with Gasteiger partial charge in [0.2, 0.25) is 0 Å². The van der Waals surface area contributed by atoms with Crippen LogP contribution in [-0.2, 0) is 0 Å². The highest BCUT2D eigenvalue weighted by molar-refractivity contribution is 7.07. The second-order valence-electron chi connectivity index (χ2n) is 3.97. The molecule has 1 aromatic heterocycles. The average Bonchev–Trinajstić information content (AvgIpc) is 2.70. The molecule has 3 nitrogen and oxygen atoms in total. The van der Waals surface area contributed by atoms with Gasteiger partial charge in [0, 0.05) is 17.3 Å². The Hall–Kier alpha value is -0.450. The van der Waals surface area contributed by atoms with Crippen LogP contribution >= 0.6 is 11.3 Å². The number of aliphatic hydroxyl groups is 1. The van der Waals surface area contributed by atoms with Gasteiger partial charge in [0.15, 0.2) is 0 Å². The predicted octanol–water partition coefficient (Wildman–Crippen LogP) is 1.69. The van der Waals surface area contributed by atoms with E-state index in [9.17, 15) is 5.11 Å². The maximum Gasteiger partial charge on any atom is 0.101 e. The lowest BCUT2D eigenvalue weighted by molar-refractivity contribution is 0.0692. The van der Waals surface area contributed by atoms with Crippen LogP contribution in [0, 0.1) is 5.92 Å². The van der Waals surface area contributed by atoms with Crippen LogP contribution in [-0.4, -0.2) is 16.1 Å². The molecule has 0 radical (unpaired) electrons. The van der Waals surface area contributed by atoms with Gasteiger partial charge in [-0.25, -0.2) is 4.98 Å². The first-order valence-corrected chi connectivity index (χ1v) is 6.05. The van der Waals surface area contributed by atoms with E-state index in [1.165, 1.54) is 24.2 Å². The van der Waals surface area contributed by atoms with Gasteiger partial charge in [0.1, 0.15) is 6.10 Å². The van der Waals surface area contributed by atoms with Gasteiger partial charge in [-0.2, -0.15) is 0 Å². The largest absolute Gasteiger partial charge is 0.386 e. The molecule has 3 atom stereocenters. The van der Waals surface area contributed by atoms with E-state index in [1.807, 2.05) is 5.38 Å². The van der Waals surface area contributed by atoms with E-state index < -0.39 is 6.10 Å². The maximum atomic E-state index is 10.1. The Morgan fingerprint density at radius 1 is 1.50 bits per heavy atom. The van der Waals surface area contributed by atoms with E-state index in [-0.39, 0.29) is 12.0 Å². The third kappa shape index (κ3) is 1.97. The van der Waals surface area contributed by atoms with Crippen molar-refractivity contribution < 1.29 is 5.11 Å². The molecule has 3 unspecified atom stereocenters. The first-order chi connectivity index (χ1) is 6.79. The Morgan fingerprint density at radius 3 is 2.93 bits per heavy atom. The number of hydrogen-bond acceptors (Lipinski definition) is 4. The van der Waals surface area contributed by atoms with Crippen LogP contribution in [0.25, 0.3) is 0 Å². The number of rotatable bonds is 2. The van der Waals surface area contributed by atoms with Gasteiger partial charge in [-0.15, -0.1) is 11.3 Å². The van der Waals surface area contributed by atoms with E-state index in [0.717, 1.165) is 18.5 Å². The normalized spacial score (nSPS) is 30.1. The Labute approximate surface area is 88.0 Å². The highest BCUT2D eigenvalue weighted by Crippen LogP contribution is 2.33.